The van der Waals surface area contributed by atoms with Gasteiger partial charge in [0.2, 0.25) is 0 Å². The van der Waals surface area contributed by atoms with Gasteiger partial charge in [0.05, 0.1) is 138 Å². The third kappa shape index (κ3) is 28.6. The predicted molar refractivity (Wildman–Crippen MR) is 161 cm³/mol. The van der Waals surface area contributed by atoms with Crippen molar-refractivity contribution in [3.63, 3.8) is 0 Å². The Balaban J connectivity index is 1.63. The predicted octanol–water partition coefficient (Wildman–Crippen LogP) is 1.38. The first-order chi connectivity index (χ1) is 21.7. The van der Waals surface area contributed by atoms with Gasteiger partial charge < -0.3 is 62.6 Å². The highest BCUT2D eigenvalue weighted by atomic mass is 16.6. The third-order valence-corrected chi connectivity index (χ3v) is 5.29. The lowest BCUT2D eigenvalue weighted by Crippen LogP contribution is -2.15. The Kier molecular flexibility index (Phi) is 29.3. The molecular weight excluding hydrogens is 582 g/mol. The minimum Gasteiger partial charge on any atom is -0.489 e. The van der Waals surface area contributed by atoms with Crippen LogP contribution in [0.15, 0.2) is 24.3 Å². The number of hydrogen-bond donors (Lipinski definition) is 1. The Labute approximate surface area is 261 Å². The van der Waals surface area contributed by atoms with Gasteiger partial charge in [0, 0.05) is 6.92 Å². The molecular formula is C30H53NO13. The monoisotopic (exact) mass is 635 g/mol. The molecule has 1 aromatic carbocycles. The minimum absolute atomic E-state index is 0.256. The maximum Gasteiger partial charge on any atom is 0.302 e. The number of anilines is 1. The largest absolute Gasteiger partial charge is 0.489 e. The second-order valence-electron chi connectivity index (χ2n) is 8.85. The van der Waals surface area contributed by atoms with Crippen LogP contribution in [0.5, 0.6) is 5.75 Å². The smallest absolute Gasteiger partial charge is 0.302 e. The summed E-state index contributed by atoms with van der Waals surface area (Å²) in [5, 5.41) is 0. The molecule has 0 atom stereocenters. The Hall–Kier alpha value is -2.11. The molecule has 0 unspecified atom stereocenters. The summed E-state index contributed by atoms with van der Waals surface area (Å²) in [5.41, 5.74) is 6.43. The van der Waals surface area contributed by atoms with Crippen LogP contribution in [0.1, 0.15) is 6.92 Å². The van der Waals surface area contributed by atoms with E-state index in [1.54, 1.807) is 6.07 Å². The summed E-state index contributed by atoms with van der Waals surface area (Å²) in [6, 6.07) is 7.37. The SMILES string of the molecule is CC(=O)OCCOCCOCCOCCOCCOCCOCCOCCOCCOCCOCCOc1ccccc1N. The van der Waals surface area contributed by atoms with E-state index in [4.69, 9.17) is 62.6 Å². The second kappa shape index (κ2) is 32.3. The van der Waals surface area contributed by atoms with E-state index < -0.39 is 0 Å². The van der Waals surface area contributed by atoms with E-state index in [-0.39, 0.29) is 12.6 Å². The molecule has 0 heterocycles. The molecule has 0 aliphatic heterocycles. The summed E-state index contributed by atoms with van der Waals surface area (Å²) in [4.78, 5) is 10.6. The fourth-order valence-corrected chi connectivity index (χ4v) is 3.15. The van der Waals surface area contributed by atoms with Crippen LogP contribution in [0.25, 0.3) is 0 Å². The molecule has 0 saturated carbocycles. The first kappa shape index (κ1) is 39.9. The fourth-order valence-electron chi connectivity index (χ4n) is 3.15. The van der Waals surface area contributed by atoms with Crippen molar-refractivity contribution in [2.24, 2.45) is 0 Å². The number of rotatable bonds is 34. The van der Waals surface area contributed by atoms with E-state index in [1.807, 2.05) is 18.2 Å². The molecule has 2 N–H and O–H groups in total. The van der Waals surface area contributed by atoms with Crippen LogP contribution in [-0.2, 0) is 56.9 Å². The van der Waals surface area contributed by atoms with Crippen molar-refractivity contribution < 1.29 is 61.6 Å². The number of carbonyl (C=O) groups is 1. The highest BCUT2D eigenvalue weighted by molar-refractivity contribution is 5.65. The lowest BCUT2D eigenvalue weighted by molar-refractivity contribution is -0.142. The molecule has 0 saturated heterocycles. The summed E-state index contributed by atoms with van der Waals surface area (Å²) in [7, 11) is 0. The first-order valence-corrected chi connectivity index (χ1v) is 15.1. The average molecular weight is 636 g/mol. The highest BCUT2D eigenvalue weighted by Crippen LogP contribution is 2.19. The van der Waals surface area contributed by atoms with Gasteiger partial charge in [-0.1, -0.05) is 12.1 Å². The summed E-state index contributed by atoms with van der Waals surface area (Å²) >= 11 is 0. The molecule has 0 fully saturated rings. The Bertz CT molecular complexity index is 759. The van der Waals surface area contributed by atoms with Gasteiger partial charge in [-0.25, -0.2) is 0 Å². The number of hydrogen-bond acceptors (Lipinski definition) is 14. The molecule has 1 rings (SSSR count). The molecule has 14 nitrogen and oxygen atoms in total. The van der Waals surface area contributed by atoms with Gasteiger partial charge in [-0.05, 0) is 12.1 Å². The molecule has 0 aliphatic rings. The highest BCUT2D eigenvalue weighted by Gasteiger charge is 1.99. The third-order valence-electron chi connectivity index (χ3n) is 5.29. The van der Waals surface area contributed by atoms with Crippen molar-refractivity contribution in [1.29, 1.82) is 0 Å². The molecule has 0 spiro atoms. The molecule has 0 aliphatic carbocycles. The Morgan fingerprint density at radius 1 is 0.455 bits per heavy atom. The second-order valence-corrected chi connectivity index (χ2v) is 8.85. The minimum atomic E-state index is -0.312. The molecule has 0 bridgehead atoms. The van der Waals surface area contributed by atoms with Gasteiger partial charge in [-0.3, -0.25) is 4.79 Å². The van der Waals surface area contributed by atoms with Crippen molar-refractivity contribution in [3.8, 4) is 5.75 Å². The van der Waals surface area contributed by atoms with Crippen LogP contribution >= 0.6 is 0 Å². The summed E-state index contributed by atoms with van der Waals surface area (Å²) in [6.45, 7) is 11.7. The molecule has 256 valence electrons. The molecule has 14 heteroatoms. The number of carbonyl (C=O) groups excluding carboxylic acids is 1. The topological polar surface area (TPSA) is 154 Å². The van der Waals surface area contributed by atoms with Gasteiger partial charge in [0.1, 0.15) is 19.0 Å². The summed E-state index contributed by atoms with van der Waals surface area (Å²) in [6.07, 6.45) is 0. The van der Waals surface area contributed by atoms with Crippen molar-refractivity contribution in [2.75, 3.05) is 151 Å². The summed E-state index contributed by atoms with van der Waals surface area (Å²) in [5.74, 6) is 0.353. The van der Waals surface area contributed by atoms with E-state index in [9.17, 15) is 4.79 Å². The quantitative estimate of drug-likeness (QED) is 0.0659. The lowest BCUT2D eigenvalue weighted by atomic mass is 10.3. The maximum absolute atomic E-state index is 10.6. The number of nitrogens with two attached hydrogens (primary N) is 1. The standard InChI is InChI=1S/C30H53NO13/c1-28(32)43-26-24-41-22-20-39-18-16-37-14-12-35-10-8-33-6-7-34-9-11-36-13-15-38-17-19-40-21-23-42-25-27-44-30-5-3-2-4-29(30)31/h2-5H,6-27,31H2,1H3. The number of para-hydroxylation sites is 2. The average Bonchev–Trinajstić information content (AvgIpc) is 3.02. The first-order valence-electron chi connectivity index (χ1n) is 15.1. The molecule has 44 heavy (non-hydrogen) atoms. The zero-order chi connectivity index (χ0) is 31.6. The zero-order valence-corrected chi connectivity index (χ0v) is 26.3. The number of benzene rings is 1. The van der Waals surface area contributed by atoms with Crippen molar-refractivity contribution >= 4 is 11.7 Å². The normalized spacial score (nSPS) is 11.2. The Morgan fingerprint density at radius 2 is 0.727 bits per heavy atom. The number of ether oxygens (including phenoxy) is 12. The van der Waals surface area contributed by atoms with E-state index in [0.29, 0.717) is 150 Å². The van der Waals surface area contributed by atoms with E-state index in [0.717, 1.165) is 0 Å². The zero-order valence-electron chi connectivity index (χ0n) is 26.3. The van der Waals surface area contributed by atoms with Crippen molar-refractivity contribution in [3.05, 3.63) is 24.3 Å². The molecule has 1 aromatic rings. The molecule has 0 radical (unpaired) electrons. The molecule has 0 aromatic heterocycles. The summed E-state index contributed by atoms with van der Waals surface area (Å²) < 4.78 is 64.6. The van der Waals surface area contributed by atoms with Crippen LogP contribution in [0, 0.1) is 0 Å². The number of nitrogen functional groups attached to an aromatic ring is 1. The number of esters is 1. The fraction of sp³-hybridized carbons (Fsp3) is 0.767. The van der Waals surface area contributed by atoms with Gasteiger partial charge in [0.15, 0.2) is 0 Å². The van der Waals surface area contributed by atoms with E-state index in [2.05, 4.69) is 0 Å². The van der Waals surface area contributed by atoms with Crippen LogP contribution in [0.4, 0.5) is 5.69 Å². The van der Waals surface area contributed by atoms with Gasteiger partial charge in [-0.15, -0.1) is 0 Å². The van der Waals surface area contributed by atoms with Crippen molar-refractivity contribution in [1.82, 2.24) is 0 Å². The molecule has 0 amide bonds. The van der Waals surface area contributed by atoms with Crippen LogP contribution < -0.4 is 10.5 Å². The van der Waals surface area contributed by atoms with E-state index >= 15 is 0 Å². The van der Waals surface area contributed by atoms with Crippen LogP contribution in [0.3, 0.4) is 0 Å². The van der Waals surface area contributed by atoms with E-state index in [1.165, 1.54) is 6.92 Å². The maximum atomic E-state index is 10.6. The van der Waals surface area contributed by atoms with Gasteiger partial charge >= 0.3 is 5.97 Å². The van der Waals surface area contributed by atoms with Gasteiger partial charge in [0.25, 0.3) is 0 Å². The Morgan fingerprint density at radius 3 is 1.02 bits per heavy atom. The van der Waals surface area contributed by atoms with Crippen LogP contribution in [0.2, 0.25) is 0 Å². The van der Waals surface area contributed by atoms with Crippen molar-refractivity contribution in [2.45, 2.75) is 6.92 Å². The lowest BCUT2D eigenvalue weighted by Gasteiger charge is -2.09. The van der Waals surface area contributed by atoms with Crippen LogP contribution in [-0.4, -0.2) is 151 Å². The van der Waals surface area contributed by atoms with Gasteiger partial charge in [-0.2, -0.15) is 0 Å².